The van der Waals surface area contributed by atoms with Gasteiger partial charge in [-0.2, -0.15) is 5.10 Å². The molecule has 2 aromatic rings. The largest absolute Gasteiger partial charge is 0.477 e. The Morgan fingerprint density at radius 2 is 2.07 bits per heavy atom. The summed E-state index contributed by atoms with van der Waals surface area (Å²) in [5.41, 5.74) is 4.58. The summed E-state index contributed by atoms with van der Waals surface area (Å²) in [5.74, 6) is 1.47. The SMILES string of the molecule is CCCCOc1ncccc1CN=C(NCC)NC(C)Cc1c(C)nn(C)c1C.I. The number of guanidine groups is 1. The maximum atomic E-state index is 5.83. The molecule has 2 heterocycles. The number of halogens is 1. The Hall–Kier alpha value is -1.84. The molecule has 2 N–H and O–H groups in total. The molecule has 0 radical (unpaired) electrons. The second-order valence-electron chi connectivity index (χ2n) is 7.39. The zero-order chi connectivity index (χ0) is 21.2. The summed E-state index contributed by atoms with van der Waals surface area (Å²) in [7, 11) is 1.99. The fourth-order valence-corrected chi connectivity index (χ4v) is 3.18. The first-order valence-corrected chi connectivity index (χ1v) is 10.6. The highest BCUT2D eigenvalue weighted by Crippen LogP contribution is 2.16. The number of pyridine rings is 1. The Morgan fingerprint density at radius 3 is 2.70 bits per heavy atom. The smallest absolute Gasteiger partial charge is 0.218 e. The minimum Gasteiger partial charge on any atom is -0.477 e. The summed E-state index contributed by atoms with van der Waals surface area (Å²) < 4.78 is 7.77. The van der Waals surface area contributed by atoms with E-state index in [9.17, 15) is 0 Å². The van der Waals surface area contributed by atoms with Gasteiger partial charge in [0.1, 0.15) is 0 Å². The van der Waals surface area contributed by atoms with Crippen molar-refractivity contribution < 1.29 is 4.74 Å². The lowest BCUT2D eigenvalue weighted by atomic mass is 10.1. The normalized spacial score (nSPS) is 12.3. The number of hydrogen-bond donors (Lipinski definition) is 2. The molecule has 1 atom stereocenters. The second kappa shape index (κ2) is 13.5. The average Bonchev–Trinajstić information content (AvgIpc) is 2.93. The molecule has 0 aliphatic carbocycles. The number of rotatable bonds is 10. The van der Waals surface area contributed by atoms with Gasteiger partial charge < -0.3 is 15.4 Å². The van der Waals surface area contributed by atoms with E-state index < -0.39 is 0 Å². The zero-order valence-electron chi connectivity index (χ0n) is 19.2. The fourth-order valence-electron chi connectivity index (χ4n) is 3.18. The van der Waals surface area contributed by atoms with Crippen molar-refractivity contribution in [3.8, 4) is 5.88 Å². The monoisotopic (exact) mass is 528 g/mol. The Bertz CT molecular complexity index is 805. The van der Waals surface area contributed by atoms with Crippen molar-refractivity contribution >= 4 is 29.9 Å². The van der Waals surface area contributed by atoms with Crippen LogP contribution in [-0.2, 0) is 20.0 Å². The van der Waals surface area contributed by atoms with Gasteiger partial charge in [0, 0.05) is 37.1 Å². The van der Waals surface area contributed by atoms with Crippen molar-refractivity contribution in [2.75, 3.05) is 13.2 Å². The van der Waals surface area contributed by atoms with E-state index in [1.54, 1.807) is 6.20 Å². The van der Waals surface area contributed by atoms with Crippen LogP contribution in [0.3, 0.4) is 0 Å². The molecule has 0 aliphatic heterocycles. The van der Waals surface area contributed by atoms with Crippen LogP contribution in [0.2, 0.25) is 0 Å². The summed E-state index contributed by atoms with van der Waals surface area (Å²) in [6, 6.07) is 4.17. The third-order valence-corrected chi connectivity index (χ3v) is 4.89. The quantitative estimate of drug-likeness (QED) is 0.212. The molecule has 0 saturated carbocycles. The molecular weight excluding hydrogens is 491 g/mol. The van der Waals surface area contributed by atoms with E-state index in [1.807, 2.05) is 23.9 Å². The molecule has 0 spiro atoms. The van der Waals surface area contributed by atoms with Gasteiger partial charge in [-0.25, -0.2) is 9.98 Å². The van der Waals surface area contributed by atoms with Crippen LogP contribution in [-0.4, -0.2) is 39.9 Å². The predicted octanol–water partition coefficient (Wildman–Crippen LogP) is 3.92. The molecule has 168 valence electrons. The van der Waals surface area contributed by atoms with E-state index in [0.717, 1.165) is 43.0 Å². The lowest BCUT2D eigenvalue weighted by Gasteiger charge is -2.18. The molecule has 0 amide bonds. The Balaban J connectivity index is 0.00000450. The molecule has 0 aliphatic rings. The summed E-state index contributed by atoms with van der Waals surface area (Å²) in [5, 5.41) is 11.4. The Kier molecular flexibility index (Phi) is 11.8. The maximum Gasteiger partial charge on any atom is 0.218 e. The number of aromatic nitrogens is 3. The van der Waals surface area contributed by atoms with Crippen LogP contribution in [0.15, 0.2) is 23.3 Å². The van der Waals surface area contributed by atoms with E-state index in [2.05, 4.69) is 55.3 Å². The molecule has 2 aromatic heterocycles. The average molecular weight is 528 g/mol. The Morgan fingerprint density at radius 1 is 1.30 bits per heavy atom. The topological polar surface area (TPSA) is 76.4 Å². The number of hydrogen-bond acceptors (Lipinski definition) is 4. The first kappa shape index (κ1) is 26.2. The molecule has 0 saturated heterocycles. The summed E-state index contributed by atoms with van der Waals surface area (Å²) in [4.78, 5) is 9.13. The highest BCUT2D eigenvalue weighted by atomic mass is 127. The van der Waals surface area contributed by atoms with Gasteiger partial charge in [0.05, 0.1) is 18.8 Å². The van der Waals surface area contributed by atoms with Crippen molar-refractivity contribution in [3.63, 3.8) is 0 Å². The van der Waals surface area contributed by atoms with E-state index in [4.69, 9.17) is 9.73 Å². The molecular formula is C22H37IN6O. The second-order valence-corrected chi connectivity index (χ2v) is 7.39. The van der Waals surface area contributed by atoms with Gasteiger partial charge >= 0.3 is 0 Å². The molecule has 0 aromatic carbocycles. The van der Waals surface area contributed by atoms with Gasteiger partial charge in [0.15, 0.2) is 5.96 Å². The minimum absolute atomic E-state index is 0. The van der Waals surface area contributed by atoms with Crippen LogP contribution >= 0.6 is 24.0 Å². The maximum absolute atomic E-state index is 5.83. The molecule has 8 heteroatoms. The van der Waals surface area contributed by atoms with E-state index in [0.29, 0.717) is 19.0 Å². The van der Waals surface area contributed by atoms with Gasteiger partial charge in [0.25, 0.3) is 0 Å². The molecule has 0 bridgehead atoms. The van der Waals surface area contributed by atoms with Gasteiger partial charge in [-0.15, -0.1) is 24.0 Å². The van der Waals surface area contributed by atoms with E-state index >= 15 is 0 Å². The Labute approximate surface area is 198 Å². The van der Waals surface area contributed by atoms with Gasteiger partial charge in [-0.3, -0.25) is 4.68 Å². The molecule has 1 unspecified atom stereocenters. The van der Waals surface area contributed by atoms with Crippen LogP contribution in [0, 0.1) is 13.8 Å². The standard InChI is InChI=1S/C22H36N6O.HI/c1-7-9-13-29-21-19(11-10-12-24-21)15-25-22(23-8-2)26-16(3)14-20-17(4)27-28(6)18(20)5;/h10-12,16H,7-9,13-15H2,1-6H3,(H2,23,25,26);1H. The zero-order valence-corrected chi connectivity index (χ0v) is 21.5. The summed E-state index contributed by atoms with van der Waals surface area (Å²) >= 11 is 0. The van der Waals surface area contributed by atoms with Crippen LogP contribution in [0.1, 0.15) is 56.1 Å². The number of nitrogens with zero attached hydrogens (tertiary/aromatic N) is 4. The highest BCUT2D eigenvalue weighted by Gasteiger charge is 2.14. The van der Waals surface area contributed by atoms with Crippen LogP contribution < -0.4 is 15.4 Å². The third-order valence-electron chi connectivity index (χ3n) is 4.89. The predicted molar refractivity (Wildman–Crippen MR) is 134 cm³/mol. The minimum atomic E-state index is 0. The number of nitrogens with one attached hydrogen (secondary N) is 2. The summed E-state index contributed by atoms with van der Waals surface area (Å²) in [6.45, 7) is 12.6. The number of ether oxygens (including phenoxy) is 1. The lowest BCUT2D eigenvalue weighted by molar-refractivity contribution is 0.294. The van der Waals surface area contributed by atoms with Crippen molar-refractivity contribution in [1.82, 2.24) is 25.4 Å². The molecule has 2 rings (SSSR count). The molecule has 0 fully saturated rings. The third kappa shape index (κ3) is 7.77. The van der Waals surface area contributed by atoms with Crippen LogP contribution in [0.4, 0.5) is 0 Å². The fraction of sp³-hybridized carbons (Fsp3) is 0.591. The lowest BCUT2D eigenvalue weighted by Crippen LogP contribution is -2.43. The van der Waals surface area contributed by atoms with Gasteiger partial charge in [-0.1, -0.05) is 19.4 Å². The van der Waals surface area contributed by atoms with Crippen molar-refractivity contribution in [2.24, 2.45) is 12.0 Å². The van der Waals surface area contributed by atoms with E-state index in [1.165, 1.54) is 11.3 Å². The first-order valence-electron chi connectivity index (χ1n) is 10.6. The van der Waals surface area contributed by atoms with Gasteiger partial charge in [0.2, 0.25) is 5.88 Å². The number of unbranched alkanes of at least 4 members (excludes halogenated alkanes) is 1. The van der Waals surface area contributed by atoms with Crippen LogP contribution in [0.5, 0.6) is 5.88 Å². The van der Waals surface area contributed by atoms with Crippen LogP contribution in [0.25, 0.3) is 0 Å². The van der Waals surface area contributed by atoms with Crippen molar-refractivity contribution in [3.05, 3.63) is 40.8 Å². The van der Waals surface area contributed by atoms with Crippen molar-refractivity contribution in [2.45, 2.75) is 66.5 Å². The number of aliphatic imine (C=N–C) groups is 1. The summed E-state index contributed by atoms with van der Waals surface area (Å²) in [6.07, 6.45) is 4.78. The number of aryl methyl sites for hydroxylation is 2. The van der Waals surface area contributed by atoms with E-state index in [-0.39, 0.29) is 30.0 Å². The molecule has 30 heavy (non-hydrogen) atoms. The van der Waals surface area contributed by atoms with Gasteiger partial charge in [-0.05, 0) is 52.2 Å². The van der Waals surface area contributed by atoms with Crippen molar-refractivity contribution in [1.29, 1.82) is 0 Å². The molecule has 7 nitrogen and oxygen atoms in total. The first-order chi connectivity index (χ1) is 14.0. The highest BCUT2D eigenvalue weighted by molar-refractivity contribution is 14.0.